The molecule has 0 aliphatic carbocycles. The molecule has 0 unspecified atom stereocenters. The van der Waals surface area contributed by atoms with E-state index < -0.39 is 21.5 Å². The average molecular weight is 372 g/mol. The van der Waals surface area contributed by atoms with E-state index >= 15 is 0 Å². The zero-order valence-corrected chi connectivity index (χ0v) is 14.0. The number of nitrogens with zero attached hydrogens (tertiary/aromatic N) is 4. The van der Waals surface area contributed by atoms with Crippen LogP contribution < -0.4 is 34.5 Å². The quantitative estimate of drug-likeness (QED) is 0.344. The number of hydrogen-bond acceptors (Lipinski definition) is 8. The van der Waals surface area contributed by atoms with E-state index in [1.165, 1.54) is 0 Å². The van der Waals surface area contributed by atoms with Gasteiger partial charge in [-0.25, -0.2) is 28.0 Å². The highest BCUT2D eigenvalue weighted by atomic mass is 35.7. The van der Waals surface area contributed by atoms with E-state index in [9.17, 15) is 9.59 Å². The topological polar surface area (TPSA) is 177 Å². The SMILES string of the molecule is CCn1c2nc(=O)[nH]c(=O)c-2[n+](CC)c2ncccc21.[O-][Cl+3]([O-])([O-])[O-]. The molecule has 12 heteroatoms. The Hall–Kier alpha value is -2.44. The molecule has 0 bridgehead atoms. The Morgan fingerprint density at radius 2 is 1.88 bits per heavy atom. The van der Waals surface area contributed by atoms with Gasteiger partial charge < -0.3 is 4.57 Å². The second-order valence-corrected chi connectivity index (χ2v) is 5.51. The molecule has 0 fully saturated rings. The molecule has 0 saturated heterocycles. The molecule has 1 N–H and O–H groups in total. The van der Waals surface area contributed by atoms with E-state index in [1.807, 2.05) is 30.5 Å². The van der Waals surface area contributed by atoms with Crippen molar-refractivity contribution >= 4 is 11.2 Å². The Morgan fingerprint density at radius 3 is 2.44 bits per heavy atom. The van der Waals surface area contributed by atoms with Crippen LogP contribution in [-0.2, 0) is 13.1 Å². The summed E-state index contributed by atoms with van der Waals surface area (Å²) in [5, 5.41) is 0. The van der Waals surface area contributed by atoms with Crippen LogP contribution in [0.3, 0.4) is 0 Å². The molecule has 0 amide bonds. The van der Waals surface area contributed by atoms with Gasteiger partial charge in [-0.05, 0) is 31.0 Å². The first-order valence-corrected chi connectivity index (χ1v) is 8.34. The van der Waals surface area contributed by atoms with Crippen molar-refractivity contribution in [2.75, 3.05) is 0 Å². The van der Waals surface area contributed by atoms with E-state index in [4.69, 9.17) is 18.6 Å². The van der Waals surface area contributed by atoms with Gasteiger partial charge in [0.05, 0.1) is 6.54 Å². The van der Waals surface area contributed by atoms with Crippen LogP contribution in [0.15, 0.2) is 27.9 Å². The van der Waals surface area contributed by atoms with Crippen LogP contribution >= 0.6 is 0 Å². The number of hydrogen-bond donors (Lipinski definition) is 1. The lowest BCUT2D eigenvalue weighted by atomic mass is 10.3. The minimum Gasteiger partial charge on any atom is -0.316 e. The fourth-order valence-corrected chi connectivity index (χ4v) is 2.52. The number of aromatic nitrogens is 5. The molecule has 0 saturated carbocycles. The second-order valence-electron chi connectivity index (χ2n) is 4.76. The summed E-state index contributed by atoms with van der Waals surface area (Å²) in [7, 11) is -4.94. The molecular formula is C13H14ClN5O6. The van der Waals surface area contributed by atoms with Crippen molar-refractivity contribution in [2.24, 2.45) is 0 Å². The predicted octanol–water partition coefficient (Wildman–Crippen LogP) is -4.84. The summed E-state index contributed by atoms with van der Waals surface area (Å²) in [6, 6.07) is 3.73. The van der Waals surface area contributed by atoms with Gasteiger partial charge in [-0.2, -0.15) is 4.98 Å². The van der Waals surface area contributed by atoms with E-state index in [2.05, 4.69) is 15.0 Å². The molecule has 11 nitrogen and oxygen atoms in total. The minimum absolute atomic E-state index is 0.375. The number of aromatic amines is 1. The summed E-state index contributed by atoms with van der Waals surface area (Å²) in [5.74, 6) is 0.392. The Balaban J connectivity index is 0.000000399. The maximum atomic E-state index is 12.1. The van der Waals surface area contributed by atoms with Crippen LogP contribution in [0.25, 0.3) is 22.7 Å². The summed E-state index contributed by atoms with van der Waals surface area (Å²) < 4.78 is 37.6. The van der Waals surface area contributed by atoms with Gasteiger partial charge in [-0.1, -0.05) is 0 Å². The Kier molecular flexibility index (Phi) is 5.45. The summed E-state index contributed by atoms with van der Waals surface area (Å²) in [6.07, 6.45) is 1.68. The maximum Gasteiger partial charge on any atom is 0.350 e. The summed E-state index contributed by atoms with van der Waals surface area (Å²) in [5.41, 5.74) is 0.865. The highest BCUT2D eigenvalue weighted by molar-refractivity contribution is 5.71. The lowest BCUT2D eigenvalue weighted by molar-refractivity contribution is -2.00. The van der Waals surface area contributed by atoms with Gasteiger partial charge in [0.25, 0.3) is 0 Å². The Morgan fingerprint density at radius 1 is 1.24 bits per heavy atom. The fraction of sp³-hybridized carbons (Fsp3) is 0.308. The number of pyridine rings is 1. The van der Waals surface area contributed by atoms with Gasteiger partial charge in [0, 0.05) is 6.54 Å². The summed E-state index contributed by atoms with van der Waals surface area (Å²) >= 11 is 0. The number of nitrogens with one attached hydrogen (secondary N) is 1. The number of H-pyrrole nitrogens is 1. The third kappa shape index (κ3) is 4.15. The molecule has 25 heavy (non-hydrogen) atoms. The van der Waals surface area contributed by atoms with Crippen LogP contribution in [0, 0.1) is 10.2 Å². The summed E-state index contributed by atoms with van der Waals surface area (Å²) in [4.78, 5) is 34.2. The molecule has 3 rings (SSSR count). The van der Waals surface area contributed by atoms with Crippen molar-refractivity contribution < 1.29 is 33.4 Å². The molecular weight excluding hydrogens is 358 g/mol. The molecule has 2 aliphatic heterocycles. The first kappa shape index (κ1) is 18.9. The lowest BCUT2D eigenvalue weighted by Crippen LogP contribution is -2.68. The largest absolute Gasteiger partial charge is 0.350 e. The van der Waals surface area contributed by atoms with Crippen molar-refractivity contribution in [1.82, 2.24) is 19.5 Å². The Bertz CT molecular complexity index is 973. The molecule has 0 spiro atoms. The molecule has 134 valence electrons. The number of fused-ring (bicyclic) bond motifs is 2. The molecule has 3 heterocycles. The second kappa shape index (κ2) is 7.21. The molecule has 2 aliphatic rings. The highest BCUT2D eigenvalue weighted by Crippen LogP contribution is 2.17. The number of aryl methyl sites for hydroxylation is 2. The van der Waals surface area contributed by atoms with E-state index in [-0.39, 0.29) is 0 Å². The van der Waals surface area contributed by atoms with Gasteiger partial charge in [-0.15, -0.1) is 10.2 Å². The van der Waals surface area contributed by atoms with Gasteiger partial charge in [0.1, 0.15) is 11.7 Å². The van der Waals surface area contributed by atoms with Crippen molar-refractivity contribution in [3.63, 3.8) is 0 Å². The fourth-order valence-electron chi connectivity index (χ4n) is 2.52. The number of halogens is 1. The van der Waals surface area contributed by atoms with Gasteiger partial charge in [-0.3, -0.25) is 9.78 Å². The first-order valence-electron chi connectivity index (χ1n) is 7.10. The Labute approximate surface area is 142 Å². The predicted molar refractivity (Wildman–Crippen MR) is 72.6 cm³/mol. The highest BCUT2D eigenvalue weighted by Gasteiger charge is 2.26. The lowest BCUT2D eigenvalue weighted by Gasteiger charge is -2.17. The summed E-state index contributed by atoms with van der Waals surface area (Å²) in [6.45, 7) is 5.03. The molecule has 1 aromatic heterocycles. The van der Waals surface area contributed by atoms with E-state index in [0.717, 1.165) is 5.52 Å². The van der Waals surface area contributed by atoms with Gasteiger partial charge in [0.2, 0.25) is 5.69 Å². The smallest absolute Gasteiger partial charge is 0.316 e. The zero-order chi connectivity index (χ0) is 18.8. The van der Waals surface area contributed by atoms with Crippen molar-refractivity contribution in [3.8, 4) is 11.5 Å². The van der Waals surface area contributed by atoms with Crippen LogP contribution in [0.4, 0.5) is 0 Å². The van der Waals surface area contributed by atoms with Gasteiger partial charge >= 0.3 is 16.9 Å². The molecule has 1 aromatic rings. The van der Waals surface area contributed by atoms with Crippen LogP contribution in [0.1, 0.15) is 13.8 Å². The normalized spacial score (nSPS) is 11.4. The van der Waals surface area contributed by atoms with E-state index in [1.54, 1.807) is 10.8 Å². The van der Waals surface area contributed by atoms with Crippen molar-refractivity contribution in [3.05, 3.63) is 39.2 Å². The van der Waals surface area contributed by atoms with Crippen molar-refractivity contribution in [2.45, 2.75) is 26.9 Å². The van der Waals surface area contributed by atoms with Gasteiger partial charge in [0.15, 0.2) is 5.82 Å². The van der Waals surface area contributed by atoms with E-state index in [0.29, 0.717) is 30.3 Å². The van der Waals surface area contributed by atoms with Crippen LogP contribution in [0.5, 0.6) is 0 Å². The van der Waals surface area contributed by atoms with Crippen LogP contribution in [-0.4, -0.2) is 19.5 Å². The molecule has 0 radical (unpaired) electrons. The zero-order valence-electron chi connectivity index (χ0n) is 13.3. The third-order valence-corrected chi connectivity index (χ3v) is 3.33. The number of rotatable bonds is 2. The molecule has 0 atom stereocenters. The monoisotopic (exact) mass is 371 g/mol. The average Bonchev–Trinajstić information content (AvgIpc) is 2.51. The van der Waals surface area contributed by atoms with Crippen molar-refractivity contribution in [1.29, 1.82) is 0 Å². The molecule has 0 aromatic carbocycles. The minimum atomic E-state index is -4.94. The van der Waals surface area contributed by atoms with Crippen LogP contribution in [0.2, 0.25) is 0 Å². The standard InChI is InChI=1S/C13H13N5O2.ClHO4/c1-3-17-8-6-5-7-14-10(8)18(4-2)9-11(17)15-13(20)16-12(9)19;2-1(3,4)5/h5-7H,3-4H2,1-2H3;(H,2,3,4,5). The third-order valence-electron chi connectivity index (χ3n) is 3.33. The maximum absolute atomic E-state index is 12.1. The first-order chi connectivity index (χ1) is 11.7.